The molecule has 0 aromatic heterocycles. The van der Waals surface area contributed by atoms with Crippen molar-refractivity contribution < 1.29 is 4.39 Å². The number of nitrogen functional groups attached to an aromatic ring is 1. The largest absolute Gasteiger partial charge is 0.399 e. The second-order valence-corrected chi connectivity index (χ2v) is 4.76. The van der Waals surface area contributed by atoms with Gasteiger partial charge >= 0.3 is 0 Å². The van der Waals surface area contributed by atoms with Crippen LogP contribution in [0.4, 0.5) is 15.8 Å². The first-order valence-corrected chi connectivity index (χ1v) is 6.11. The topological polar surface area (TPSA) is 38.0 Å². The Morgan fingerprint density at radius 1 is 1.06 bits per heavy atom. The standard InChI is InChI=1S/C15H15FN2/c16-14-9-12(17)5-6-15(14)18-13-7-10-3-1-2-4-11(10)8-13/h1-6,9,13,18H,7-8,17H2. The molecule has 2 nitrogen and oxygen atoms in total. The van der Waals surface area contributed by atoms with E-state index in [2.05, 4.69) is 17.4 Å². The second-order valence-electron chi connectivity index (χ2n) is 4.76. The van der Waals surface area contributed by atoms with Crippen LogP contribution in [-0.2, 0) is 12.8 Å². The molecule has 0 heterocycles. The van der Waals surface area contributed by atoms with Gasteiger partial charge in [0, 0.05) is 11.7 Å². The third kappa shape index (κ3) is 2.04. The summed E-state index contributed by atoms with van der Waals surface area (Å²) in [7, 11) is 0. The quantitative estimate of drug-likeness (QED) is 0.794. The Bertz CT molecular complexity index is 555. The third-order valence-electron chi connectivity index (χ3n) is 3.40. The minimum absolute atomic E-state index is 0.264. The minimum atomic E-state index is -0.286. The number of hydrogen-bond donors (Lipinski definition) is 2. The van der Waals surface area contributed by atoms with Crippen LogP contribution in [0.15, 0.2) is 42.5 Å². The number of hydrogen-bond acceptors (Lipinski definition) is 2. The van der Waals surface area contributed by atoms with Gasteiger partial charge in [-0.2, -0.15) is 0 Å². The molecule has 3 heteroatoms. The second kappa shape index (κ2) is 4.33. The van der Waals surface area contributed by atoms with Crippen LogP contribution in [0, 0.1) is 5.82 Å². The van der Waals surface area contributed by atoms with Crippen LogP contribution in [0.2, 0.25) is 0 Å². The Balaban J connectivity index is 1.76. The van der Waals surface area contributed by atoms with Gasteiger partial charge in [-0.25, -0.2) is 4.39 Å². The first-order chi connectivity index (χ1) is 8.72. The van der Waals surface area contributed by atoms with Crippen molar-refractivity contribution in [2.75, 3.05) is 11.1 Å². The fourth-order valence-corrected chi connectivity index (χ4v) is 2.53. The molecule has 0 fully saturated rings. The van der Waals surface area contributed by atoms with Crippen molar-refractivity contribution in [3.05, 3.63) is 59.4 Å². The van der Waals surface area contributed by atoms with Crippen molar-refractivity contribution in [1.29, 1.82) is 0 Å². The van der Waals surface area contributed by atoms with Crippen molar-refractivity contribution >= 4 is 11.4 Å². The summed E-state index contributed by atoms with van der Waals surface area (Å²) in [5.41, 5.74) is 9.22. The summed E-state index contributed by atoms with van der Waals surface area (Å²) >= 11 is 0. The van der Waals surface area contributed by atoms with E-state index in [0.717, 1.165) is 12.8 Å². The highest BCUT2D eigenvalue weighted by Gasteiger charge is 2.21. The average Bonchev–Trinajstić information content (AvgIpc) is 2.75. The molecule has 2 aromatic rings. The van der Waals surface area contributed by atoms with Gasteiger partial charge < -0.3 is 11.1 Å². The van der Waals surface area contributed by atoms with Gasteiger partial charge in [0.1, 0.15) is 5.82 Å². The molecule has 3 N–H and O–H groups in total. The van der Waals surface area contributed by atoms with E-state index in [-0.39, 0.29) is 11.9 Å². The van der Waals surface area contributed by atoms with Crippen molar-refractivity contribution in [3.8, 4) is 0 Å². The molecule has 0 spiro atoms. The number of benzene rings is 2. The van der Waals surface area contributed by atoms with E-state index < -0.39 is 0 Å². The van der Waals surface area contributed by atoms with Crippen LogP contribution in [0.3, 0.4) is 0 Å². The van der Waals surface area contributed by atoms with Gasteiger partial charge in [-0.3, -0.25) is 0 Å². The van der Waals surface area contributed by atoms with E-state index >= 15 is 0 Å². The molecular formula is C15H15FN2. The molecule has 1 aliphatic carbocycles. The van der Waals surface area contributed by atoms with Crippen molar-refractivity contribution in [2.24, 2.45) is 0 Å². The lowest BCUT2D eigenvalue weighted by atomic mass is 10.1. The van der Waals surface area contributed by atoms with Crippen molar-refractivity contribution in [3.63, 3.8) is 0 Å². The lowest BCUT2D eigenvalue weighted by molar-refractivity contribution is 0.625. The Hall–Kier alpha value is -2.03. The summed E-state index contributed by atoms with van der Waals surface area (Å²) in [5.74, 6) is -0.286. The molecular weight excluding hydrogens is 227 g/mol. The van der Waals surface area contributed by atoms with Crippen LogP contribution in [0.1, 0.15) is 11.1 Å². The molecule has 0 bridgehead atoms. The maximum absolute atomic E-state index is 13.7. The zero-order valence-corrected chi connectivity index (χ0v) is 9.99. The van der Waals surface area contributed by atoms with Crippen LogP contribution in [0.25, 0.3) is 0 Å². The van der Waals surface area contributed by atoms with Gasteiger partial charge in [-0.1, -0.05) is 24.3 Å². The molecule has 0 radical (unpaired) electrons. The monoisotopic (exact) mass is 242 g/mol. The molecule has 0 aliphatic heterocycles. The number of fused-ring (bicyclic) bond motifs is 1. The predicted molar refractivity (Wildman–Crippen MR) is 72.1 cm³/mol. The maximum Gasteiger partial charge on any atom is 0.148 e. The number of anilines is 2. The fraction of sp³-hybridized carbons (Fsp3) is 0.200. The van der Waals surface area contributed by atoms with E-state index in [9.17, 15) is 4.39 Å². The molecule has 3 rings (SSSR count). The van der Waals surface area contributed by atoms with Gasteiger partial charge in [-0.05, 0) is 42.2 Å². The van der Waals surface area contributed by atoms with Crippen molar-refractivity contribution in [1.82, 2.24) is 0 Å². The summed E-state index contributed by atoms with van der Waals surface area (Å²) < 4.78 is 13.7. The number of nitrogens with one attached hydrogen (secondary N) is 1. The summed E-state index contributed by atoms with van der Waals surface area (Å²) in [6, 6.07) is 13.4. The summed E-state index contributed by atoms with van der Waals surface area (Å²) in [6.45, 7) is 0. The van der Waals surface area contributed by atoms with E-state index in [1.165, 1.54) is 17.2 Å². The highest BCUT2D eigenvalue weighted by atomic mass is 19.1. The van der Waals surface area contributed by atoms with Crippen LogP contribution >= 0.6 is 0 Å². The summed E-state index contributed by atoms with van der Waals surface area (Å²) in [5, 5.41) is 3.25. The summed E-state index contributed by atoms with van der Waals surface area (Å²) in [6.07, 6.45) is 1.89. The SMILES string of the molecule is Nc1ccc(NC2Cc3ccccc3C2)c(F)c1. The molecule has 0 saturated carbocycles. The normalized spacial score (nSPS) is 14.5. The molecule has 2 aromatic carbocycles. The lowest BCUT2D eigenvalue weighted by Crippen LogP contribution is -2.20. The number of rotatable bonds is 2. The molecule has 0 saturated heterocycles. The predicted octanol–water partition coefficient (Wildman–Crippen LogP) is 2.99. The minimum Gasteiger partial charge on any atom is -0.399 e. The third-order valence-corrected chi connectivity index (χ3v) is 3.40. The van der Waals surface area contributed by atoms with E-state index in [1.807, 2.05) is 12.1 Å². The first-order valence-electron chi connectivity index (χ1n) is 6.11. The van der Waals surface area contributed by atoms with Gasteiger partial charge in [-0.15, -0.1) is 0 Å². The van der Waals surface area contributed by atoms with Crippen LogP contribution in [-0.4, -0.2) is 6.04 Å². The Morgan fingerprint density at radius 3 is 2.33 bits per heavy atom. The zero-order chi connectivity index (χ0) is 12.5. The molecule has 18 heavy (non-hydrogen) atoms. The number of nitrogens with two attached hydrogens (primary N) is 1. The Labute approximate surface area is 106 Å². The first kappa shape index (κ1) is 11.1. The van der Waals surface area contributed by atoms with Gasteiger partial charge in [0.2, 0.25) is 0 Å². The van der Waals surface area contributed by atoms with E-state index in [1.54, 1.807) is 12.1 Å². The van der Waals surface area contributed by atoms with E-state index in [0.29, 0.717) is 11.4 Å². The Kier molecular flexibility index (Phi) is 2.67. The molecule has 92 valence electrons. The summed E-state index contributed by atoms with van der Waals surface area (Å²) in [4.78, 5) is 0. The average molecular weight is 242 g/mol. The molecule has 0 amide bonds. The van der Waals surface area contributed by atoms with Crippen molar-refractivity contribution in [2.45, 2.75) is 18.9 Å². The molecule has 1 aliphatic rings. The van der Waals surface area contributed by atoms with Gasteiger partial charge in [0.25, 0.3) is 0 Å². The maximum atomic E-state index is 13.7. The Morgan fingerprint density at radius 2 is 1.72 bits per heavy atom. The van der Waals surface area contributed by atoms with Crippen LogP contribution < -0.4 is 11.1 Å². The zero-order valence-electron chi connectivity index (χ0n) is 9.99. The van der Waals surface area contributed by atoms with Crippen LogP contribution in [0.5, 0.6) is 0 Å². The molecule has 0 atom stereocenters. The fourth-order valence-electron chi connectivity index (χ4n) is 2.53. The smallest absolute Gasteiger partial charge is 0.148 e. The van der Waals surface area contributed by atoms with E-state index in [4.69, 9.17) is 5.73 Å². The number of halogens is 1. The highest BCUT2D eigenvalue weighted by molar-refractivity contribution is 5.54. The highest BCUT2D eigenvalue weighted by Crippen LogP contribution is 2.26. The van der Waals surface area contributed by atoms with Gasteiger partial charge in [0.15, 0.2) is 0 Å². The lowest BCUT2D eigenvalue weighted by Gasteiger charge is -2.14. The van der Waals surface area contributed by atoms with Gasteiger partial charge in [0.05, 0.1) is 5.69 Å². The molecule has 0 unspecified atom stereocenters.